The SMILES string of the molecule is Cn1ncc2c(N3CCCCC3)nc(Nc3ccc(Br)cc3)nc21. The number of anilines is 3. The third kappa shape index (κ3) is 2.96. The minimum absolute atomic E-state index is 0.606. The molecule has 1 saturated heterocycles. The lowest BCUT2D eigenvalue weighted by Crippen LogP contribution is -2.30. The molecule has 2 aromatic heterocycles. The smallest absolute Gasteiger partial charge is 0.231 e. The molecule has 1 aromatic carbocycles. The van der Waals surface area contributed by atoms with Crippen molar-refractivity contribution < 1.29 is 0 Å². The molecule has 1 aliphatic rings. The molecule has 7 heteroatoms. The molecular formula is C17H19BrN6. The molecular weight excluding hydrogens is 368 g/mol. The van der Waals surface area contributed by atoms with Gasteiger partial charge in [-0.15, -0.1) is 0 Å². The van der Waals surface area contributed by atoms with Crippen LogP contribution in [0.15, 0.2) is 34.9 Å². The molecule has 124 valence electrons. The summed E-state index contributed by atoms with van der Waals surface area (Å²) in [7, 11) is 1.92. The zero-order valence-corrected chi connectivity index (χ0v) is 15.1. The molecule has 0 radical (unpaired) electrons. The van der Waals surface area contributed by atoms with Gasteiger partial charge in [-0.25, -0.2) is 0 Å². The molecule has 3 aromatic rings. The van der Waals surface area contributed by atoms with Crippen molar-refractivity contribution in [1.29, 1.82) is 0 Å². The van der Waals surface area contributed by atoms with Gasteiger partial charge < -0.3 is 10.2 Å². The van der Waals surface area contributed by atoms with Crippen LogP contribution >= 0.6 is 15.9 Å². The van der Waals surface area contributed by atoms with E-state index in [2.05, 4.69) is 36.2 Å². The lowest BCUT2D eigenvalue weighted by atomic mass is 10.1. The number of aryl methyl sites for hydroxylation is 1. The molecule has 24 heavy (non-hydrogen) atoms. The van der Waals surface area contributed by atoms with E-state index in [1.54, 1.807) is 4.68 Å². The summed E-state index contributed by atoms with van der Waals surface area (Å²) in [4.78, 5) is 11.8. The highest BCUT2D eigenvalue weighted by molar-refractivity contribution is 9.10. The molecule has 1 aliphatic heterocycles. The van der Waals surface area contributed by atoms with Gasteiger partial charge in [-0.3, -0.25) is 4.68 Å². The number of fused-ring (bicyclic) bond motifs is 1. The number of piperidine rings is 1. The number of aromatic nitrogens is 4. The Kier molecular flexibility index (Phi) is 4.10. The summed E-state index contributed by atoms with van der Waals surface area (Å²) in [6, 6.07) is 8.00. The van der Waals surface area contributed by atoms with Gasteiger partial charge in [0.2, 0.25) is 5.95 Å². The van der Waals surface area contributed by atoms with Crippen molar-refractivity contribution in [2.24, 2.45) is 7.05 Å². The third-order valence-corrected chi connectivity index (χ3v) is 4.86. The van der Waals surface area contributed by atoms with Crippen LogP contribution in [0, 0.1) is 0 Å². The van der Waals surface area contributed by atoms with Crippen molar-refractivity contribution in [3.8, 4) is 0 Å². The first-order chi connectivity index (χ1) is 11.7. The number of halogens is 1. The first-order valence-electron chi connectivity index (χ1n) is 8.18. The van der Waals surface area contributed by atoms with E-state index in [9.17, 15) is 0 Å². The predicted molar refractivity (Wildman–Crippen MR) is 99.8 cm³/mol. The molecule has 1 N–H and O–H groups in total. The Bertz CT molecular complexity index is 851. The quantitative estimate of drug-likeness (QED) is 0.740. The lowest BCUT2D eigenvalue weighted by molar-refractivity contribution is 0.575. The number of rotatable bonds is 3. The molecule has 0 aliphatic carbocycles. The van der Waals surface area contributed by atoms with Gasteiger partial charge in [0.25, 0.3) is 0 Å². The molecule has 0 atom stereocenters. The maximum atomic E-state index is 4.79. The first-order valence-corrected chi connectivity index (χ1v) is 8.97. The van der Waals surface area contributed by atoms with Gasteiger partial charge >= 0.3 is 0 Å². The summed E-state index contributed by atoms with van der Waals surface area (Å²) in [5, 5.41) is 8.69. The van der Waals surface area contributed by atoms with Crippen LogP contribution in [0.4, 0.5) is 17.5 Å². The van der Waals surface area contributed by atoms with E-state index in [-0.39, 0.29) is 0 Å². The van der Waals surface area contributed by atoms with Crippen LogP contribution in [0.2, 0.25) is 0 Å². The average molecular weight is 387 g/mol. The van der Waals surface area contributed by atoms with Crippen molar-refractivity contribution in [3.63, 3.8) is 0 Å². The normalized spacial score (nSPS) is 15.0. The van der Waals surface area contributed by atoms with Crippen molar-refractivity contribution in [3.05, 3.63) is 34.9 Å². The second-order valence-electron chi connectivity index (χ2n) is 6.06. The van der Waals surface area contributed by atoms with Gasteiger partial charge in [-0.05, 0) is 43.5 Å². The molecule has 4 rings (SSSR count). The molecule has 3 heterocycles. The Morgan fingerprint density at radius 3 is 2.54 bits per heavy atom. The van der Waals surface area contributed by atoms with E-state index < -0.39 is 0 Å². The van der Waals surface area contributed by atoms with E-state index in [1.807, 2.05) is 37.5 Å². The predicted octanol–water partition coefficient (Wildman–Crippen LogP) is 3.86. The Labute approximate surface area is 149 Å². The topological polar surface area (TPSA) is 58.9 Å². The van der Waals surface area contributed by atoms with Crippen LogP contribution in [0.5, 0.6) is 0 Å². The second-order valence-corrected chi connectivity index (χ2v) is 6.97. The number of benzene rings is 1. The molecule has 0 unspecified atom stereocenters. The van der Waals surface area contributed by atoms with E-state index in [0.717, 1.165) is 40.1 Å². The first kappa shape index (κ1) is 15.4. The highest BCUT2D eigenvalue weighted by Gasteiger charge is 2.19. The van der Waals surface area contributed by atoms with Gasteiger partial charge in [0.05, 0.1) is 11.6 Å². The maximum absolute atomic E-state index is 4.79. The van der Waals surface area contributed by atoms with Crippen LogP contribution in [-0.4, -0.2) is 32.8 Å². The molecule has 0 saturated carbocycles. The Balaban J connectivity index is 1.75. The highest BCUT2D eigenvalue weighted by atomic mass is 79.9. The standard InChI is InChI=1S/C17H19BrN6/c1-23-15-14(11-19-23)16(24-9-3-2-4-10-24)22-17(21-15)20-13-7-5-12(18)6-8-13/h5-8,11H,2-4,9-10H2,1H3,(H,20,21,22). The van der Waals surface area contributed by atoms with Gasteiger partial charge in [-0.2, -0.15) is 15.1 Å². The van der Waals surface area contributed by atoms with Crippen LogP contribution < -0.4 is 10.2 Å². The summed E-state index contributed by atoms with van der Waals surface area (Å²) in [6.45, 7) is 2.08. The summed E-state index contributed by atoms with van der Waals surface area (Å²) < 4.78 is 2.85. The summed E-state index contributed by atoms with van der Waals surface area (Å²) in [5.41, 5.74) is 1.81. The fourth-order valence-electron chi connectivity index (χ4n) is 3.07. The fraction of sp³-hybridized carbons (Fsp3) is 0.353. The van der Waals surface area contributed by atoms with Crippen LogP contribution in [0.3, 0.4) is 0 Å². The minimum atomic E-state index is 0.606. The molecule has 1 fully saturated rings. The molecule has 0 spiro atoms. The summed E-state index contributed by atoms with van der Waals surface area (Å²) in [5.74, 6) is 1.58. The van der Waals surface area contributed by atoms with Gasteiger partial charge in [-0.1, -0.05) is 15.9 Å². The zero-order chi connectivity index (χ0) is 16.5. The number of nitrogens with one attached hydrogen (secondary N) is 1. The number of nitrogens with zero attached hydrogens (tertiary/aromatic N) is 5. The van der Waals surface area contributed by atoms with E-state index in [1.165, 1.54) is 19.3 Å². The fourth-order valence-corrected chi connectivity index (χ4v) is 3.34. The highest BCUT2D eigenvalue weighted by Crippen LogP contribution is 2.28. The molecule has 0 amide bonds. The largest absolute Gasteiger partial charge is 0.356 e. The number of hydrogen-bond acceptors (Lipinski definition) is 5. The zero-order valence-electron chi connectivity index (χ0n) is 13.5. The average Bonchev–Trinajstić information content (AvgIpc) is 2.98. The Hall–Kier alpha value is -2.15. The minimum Gasteiger partial charge on any atom is -0.356 e. The monoisotopic (exact) mass is 386 g/mol. The Morgan fingerprint density at radius 1 is 1.04 bits per heavy atom. The number of hydrogen-bond donors (Lipinski definition) is 1. The second kappa shape index (κ2) is 6.39. The van der Waals surface area contributed by atoms with Crippen molar-refractivity contribution in [1.82, 2.24) is 19.7 Å². The van der Waals surface area contributed by atoms with Crippen molar-refractivity contribution in [2.45, 2.75) is 19.3 Å². The molecule has 6 nitrogen and oxygen atoms in total. The van der Waals surface area contributed by atoms with E-state index >= 15 is 0 Å². The van der Waals surface area contributed by atoms with E-state index in [4.69, 9.17) is 4.98 Å². The third-order valence-electron chi connectivity index (χ3n) is 4.33. The summed E-state index contributed by atoms with van der Waals surface area (Å²) in [6.07, 6.45) is 5.58. The van der Waals surface area contributed by atoms with E-state index in [0.29, 0.717) is 5.95 Å². The van der Waals surface area contributed by atoms with Gasteiger partial charge in [0.1, 0.15) is 5.82 Å². The van der Waals surface area contributed by atoms with Gasteiger partial charge in [0, 0.05) is 30.3 Å². The van der Waals surface area contributed by atoms with Crippen LogP contribution in [-0.2, 0) is 7.05 Å². The Morgan fingerprint density at radius 2 is 1.79 bits per heavy atom. The maximum Gasteiger partial charge on any atom is 0.231 e. The summed E-state index contributed by atoms with van der Waals surface area (Å²) >= 11 is 3.45. The van der Waals surface area contributed by atoms with Crippen molar-refractivity contribution in [2.75, 3.05) is 23.3 Å². The van der Waals surface area contributed by atoms with Crippen molar-refractivity contribution >= 4 is 44.4 Å². The van der Waals surface area contributed by atoms with Gasteiger partial charge in [0.15, 0.2) is 5.65 Å². The van der Waals surface area contributed by atoms with Crippen LogP contribution in [0.1, 0.15) is 19.3 Å². The molecule has 0 bridgehead atoms. The lowest BCUT2D eigenvalue weighted by Gasteiger charge is -2.28. The van der Waals surface area contributed by atoms with Crippen LogP contribution in [0.25, 0.3) is 11.0 Å².